The van der Waals surface area contributed by atoms with Crippen molar-refractivity contribution in [3.05, 3.63) is 48.6 Å². The molecule has 0 fully saturated rings. The van der Waals surface area contributed by atoms with Crippen LogP contribution in [0.1, 0.15) is 11.1 Å². The zero-order valence-electron chi connectivity index (χ0n) is 8.95. The average Bonchev–Trinajstić information content (AvgIpc) is 2.29. The van der Waals surface area contributed by atoms with E-state index in [0.717, 1.165) is 16.9 Å². The first kappa shape index (κ1) is 11.5. The van der Waals surface area contributed by atoms with Crippen LogP contribution in [0, 0.1) is 6.08 Å². The van der Waals surface area contributed by atoms with Crippen LogP contribution in [0.4, 0.5) is 0 Å². The number of rotatable bonds is 6. The van der Waals surface area contributed by atoms with Crippen molar-refractivity contribution in [3.8, 4) is 5.75 Å². The van der Waals surface area contributed by atoms with E-state index in [1.807, 2.05) is 18.2 Å². The summed E-state index contributed by atoms with van der Waals surface area (Å²) in [5, 5.41) is 0. The van der Waals surface area contributed by atoms with Gasteiger partial charge in [0.15, 0.2) is 0 Å². The molecule has 79 valence electrons. The van der Waals surface area contributed by atoms with E-state index in [0.29, 0.717) is 13.2 Å². The maximum absolute atomic E-state index is 5.55. The molecular weight excluding hydrogens is 188 g/mol. The first-order valence-electron chi connectivity index (χ1n) is 4.73. The quantitative estimate of drug-likeness (QED) is 0.662. The molecule has 0 bridgehead atoms. The van der Waals surface area contributed by atoms with E-state index in [1.165, 1.54) is 0 Å². The van der Waals surface area contributed by atoms with Gasteiger partial charge in [-0.25, -0.2) is 0 Å². The van der Waals surface area contributed by atoms with Crippen LogP contribution >= 0.6 is 0 Å². The van der Waals surface area contributed by atoms with E-state index in [2.05, 4.69) is 19.2 Å². The molecule has 0 amide bonds. The minimum absolute atomic E-state index is 0.526. The molecule has 1 rings (SSSR count). The van der Waals surface area contributed by atoms with Gasteiger partial charge in [0.05, 0.1) is 6.61 Å². The third kappa shape index (κ3) is 2.96. The predicted octanol–water partition coefficient (Wildman–Crippen LogP) is 2.69. The molecule has 2 nitrogen and oxygen atoms in total. The Morgan fingerprint density at radius 1 is 1.40 bits per heavy atom. The van der Waals surface area contributed by atoms with Crippen molar-refractivity contribution in [2.75, 3.05) is 20.3 Å². The van der Waals surface area contributed by atoms with Crippen LogP contribution in [-0.2, 0) is 4.74 Å². The van der Waals surface area contributed by atoms with Gasteiger partial charge in [-0.2, -0.15) is 0 Å². The molecule has 0 heterocycles. The monoisotopic (exact) mass is 203 g/mol. The summed E-state index contributed by atoms with van der Waals surface area (Å²) in [7, 11) is 1.64. The van der Waals surface area contributed by atoms with Crippen LogP contribution in [0.25, 0.3) is 6.08 Å². The molecule has 15 heavy (non-hydrogen) atoms. The van der Waals surface area contributed by atoms with Crippen molar-refractivity contribution in [1.29, 1.82) is 0 Å². The summed E-state index contributed by atoms with van der Waals surface area (Å²) in [4.78, 5) is 0. The second kappa shape index (κ2) is 6.04. The van der Waals surface area contributed by atoms with Crippen LogP contribution in [0.3, 0.4) is 0 Å². The zero-order chi connectivity index (χ0) is 11.1. The molecule has 0 saturated carbocycles. The van der Waals surface area contributed by atoms with Gasteiger partial charge in [0.1, 0.15) is 12.4 Å². The van der Waals surface area contributed by atoms with E-state index < -0.39 is 0 Å². The average molecular weight is 203 g/mol. The van der Waals surface area contributed by atoms with E-state index in [1.54, 1.807) is 13.2 Å². The van der Waals surface area contributed by atoms with Gasteiger partial charge in [-0.05, 0) is 17.7 Å². The van der Waals surface area contributed by atoms with Crippen molar-refractivity contribution in [2.24, 2.45) is 0 Å². The molecule has 0 atom stereocenters. The first-order chi connectivity index (χ1) is 7.33. The number of hydrogen-bond acceptors (Lipinski definition) is 2. The highest BCUT2D eigenvalue weighted by molar-refractivity contribution is 5.61. The molecule has 0 aliphatic carbocycles. The Labute approximate surface area is 90.8 Å². The predicted molar refractivity (Wildman–Crippen MR) is 61.9 cm³/mol. The van der Waals surface area contributed by atoms with Gasteiger partial charge >= 0.3 is 0 Å². The van der Waals surface area contributed by atoms with Crippen LogP contribution in [0.15, 0.2) is 31.4 Å². The molecule has 1 aromatic rings. The third-order valence-electron chi connectivity index (χ3n) is 2.01. The lowest BCUT2D eigenvalue weighted by atomic mass is 10.1. The Bertz CT molecular complexity index is 342. The van der Waals surface area contributed by atoms with E-state index in [9.17, 15) is 0 Å². The molecule has 0 aliphatic heterocycles. The molecule has 0 N–H and O–H groups in total. The lowest BCUT2D eigenvalue weighted by Gasteiger charge is -2.10. The molecular formula is C13H15O2. The van der Waals surface area contributed by atoms with Crippen molar-refractivity contribution in [3.63, 3.8) is 0 Å². The Hall–Kier alpha value is -1.54. The zero-order valence-corrected chi connectivity index (χ0v) is 8.95. The fourth-order valence-electron chi connectivity index (χ4n) is 1.27. The number of ether oxygens (including phenoxy) is 2. The smallest absolute Gasteiger partial charge is 0.127 e. The minimum Gasteiger partial charge on any atom is -0.491 e. The van der Waals surface area contributed by atoms with Gasteiger partial charge in [0.2, 0.25) is 0 Å². The largest absolute Gasteiger partial charge is 0.491 e. The first-order valence-corrected chi connectivity index (χ1v) is 4.73. The Kier molecular flexibility index (Phi) is 4.64. The number of hydrogen-bond donors (Lipinski definition) is 0. The summed E-state index contributed by atoms with van der Waals surface area (Å²) in [6, 6.07) is 5.73. The summed E-state index contributed by atoms with van der Waals surface area (Å²) in [6.07, 6.45) is 4.59. The lowest BCUT2D eigenvalue weighted by Crippen LogP contribution is -2.05. The molecule has 0 unspecified atom stereocenters. The molecule has 0 aromatic heterocycles. The van der Waals surface area contributed by atoms with Gasteiger partial charge in [-0.15, -0.1) is 0 Å². The van der Waals surface area contributed by atoms with Gasteiger partial charge in [0.25, 0.3) is 0 Å². The lowest BCUT2D eigenvalue weighted by molar-refractivity contribution is 0.146. The summed E-state index contributed by atoms with van der Waals surface area (Å²) in [6.45, 7) is 8.47. The number of methoxy groups -OCH3 is 1. The van der Waals surface area contributed by atoms with Gasteiger partial charge in [-0.1, -0.05) is 31.4 Å². The van der Waals surface area contributed by atoms with Crippen LogP contribution in [-0.4, -0.2) is 20.3 Å². The van der Waals surface area contributed by atoms with E-state index in [4.69, 9.17) is 9.47 Å². The van der Waals surface area contributed by atoms with Crippen LogP contribution < -0.4 is 4.74 Å². The minimum atomic E-state index is 0.526. The van der Waals surface area contributed by atoms with Crippen molar-refractivity contribution >= 4 is 6.08 Å². The van der Waals surface area contributed by atoms with E-state index >= 15 is 0 Å². The third-order valence-corrected chi connectivity index (χ3v) is 2.01. The summed E-state index contributed by atoms with van der Waals surface area (Å²) >= 11 is 0. The topological polar surface area (TPSA) is 18.5 Å². The summed E-state index contributed by atoms with van der Waals surface area (Å²) in [5.74, 6) is 0.788. The summed E-state index contributed by atoms with van der Waals surface area (Å²) in [5.41, 5.74) is 1.82. The molecule has 1 radical (unpaired) electrons. The highest BCUT2D eigenvalue weighted by Crippen LogP contribution is 2.23. The molecule has 2 heteroatoms. The van der Waals surface area contributed by atoms with Gasteiger partial charge in [-0.3, -0.25) is 0 Å². The Morgan fingerprint density at radius 2 is 2.20 bits per heavy atom. The summed E-state index contributed by atoms with van der Waals surface area (Å²) < 4.78 is 10.5. The molecule has 0 saturated heterocycles. The molecule has 0 aliphatic rings. The normalized spacial score (nSPS) is 9.67. The maximum atomic E-state index is 5.55. The fraction of sp³-hybridized carbons (Fsp3) is 0.231. The van der Waals surface area contributed by atoms with E-state index in [-0.39, 0.29) is 0 Å². The molecule has 1 aromatic carbocycles. The van der Waals surface area contributed by atoms with Crippen LogP contribution in [0.2, 0.25) is 0 Å². The second-order valence-corrected chi connectivity index (χ2v) is 2.94. The van der Waals surface area contributed by atoms with Crippen molar-refractivity contribution in [2.45, 2.75) is 0 Å². The maximum Gasteiger partial charge on any atom is 0.127 e. The highest BCUT2D eigenvalue weighted by Gasteiger charge is 2.03. The fourth-order valence-corrected chi connectivity index (χ4v) is 1.27. The number of benzene rings is 1. The standard InChI is InChI=1S/C13H15O2/c1-4-11-7-6-8-13(12(11)5-2)15-10-9-14-3/h5-8H,1-2,9-10H2,3H3. The van der Waals surface area contributed by atoms with Crippen molar-refractivity contribution < 1.29 is 9.47 Å². The van der Waals surface area contributed by atoms with Gasteiger partial charge < -0.3 is 9.47 Å². The second-order valence-electron chi connectivity index (χ2n) is 2.94. The Morgan fingerprint density at radius 3 is 2.80 bits per heavy atom. The van der Waals surface area contributed by atoms with Gasteiger partial charge in [0, 0.05) is 12.7 Å². The SMILES string of the molecule is C=[C]c1cccc(OCCOC)c1C=C. The highest BCUT2D eigenvalue weighted by atomic mass is 16.5. The van der Waals surface area contributed by atoms with Crippen LogP contribution in [0.5, 0.6) is 5.75 Å². The Balaban J connectivity index is 2.86. The van der Waals surface area contributed by atoms with Crippen molar-refractivity contribution in [1.82, 2.24) is 0 Å². The molecule has 0 spiro atoms.